The van der Waals surface area contributed by atoms with Crippen LogP contribution in [-0.2, 0) is 6.54 Å². The second-order valence-corrected chi connectivity index (χ2v) is 5.88. The molecule has 3 nitrogen and oxygen atoms in total. The highest BCUT2D eigenvalue weighted by molar-refractivity contribution is 5.84. The van der Waals surface area contributed by atoms with Crippen LogP contribution in [0.5, 0.6) is 0 Å². The van der Waals surface area contributed by atoms with E-state index in [9.17, 15) is 0 Å². The van der Waals surface area contributed by atoms with E-state index < -0.39 is 0 Å². The molecule has 0 spiro atoms. The lowest BCUT2D eigenvalue weighted by Gasteiger charge is -2.23. The van der Waals surface area contributed by atoms with Crippen molar-refractivity contribution >= 4 is 16.7 Å². The number of aromatic nitrogens is 1. The minimum absolute atomic E-state index is 0.570. The van der Waals surface area contributed by atoms with Crippen molar-refractivity contribution in [2.45, 2.75) is 32.7 Å². The Morgan fingerprint density at radius 3 is 2.95 bits per heavy atom. The van der Waals surface area contributed by atoms with Crippen molar-refractivity contribution in [3.05, 3.63) is 35.9 Å². The zero-order valence-corrected chi connectivity index (χ0v) is 12.2. The van der Waals surface area contributed by atoms with E-state index in [1.54, 1.807) is 0 Å². The molecule has 2 aromatic rings. The third-order valence-corrected chi connectivity index (χ3v) is 4.35. The number of hydrogen-bond donors (Lipinski definition) is 1. The number of fused-ring (bicyclic) bond motifs is 1. The quantitative estimate of drug-likeness (QED) is 0.909. The van der Waals surface area contributed by atoms with Gasteiger partial charge in [0.1, 0.15) is 5.82 Å². The summed E-state index contributed by atoms with van der Waals surface area (Å²) in [6.07, 6.45) is 3.84. The summed E-state index contributed by atoms with van der Waals surface area (Å²) in [7, 11) is 0. The molecule has 1 unspecified atom stereocenters. The molecular formula is C17H23N3. The molecular weight excluding hydrogens is 246 g/mol. The maximum atomic E-state index is 5.92. The largest absolute Gasteiger partial charge is 0.357 e. The van der Waals surface area contributed by atoms with Gasteiger partial charge in [-0.05, 0) is 42.9 Å². The van der Waals surface area contributed by atoms with E-state index in [-0.39, 0.29) is 0 Å². The van der Waals surface area contributed by atoms with Crippen molar-refractivity contribution in [1.29, 1.82) is 0 Å². The fourth-order valence-corrected chi connectivity index (χ4v) is 3.05. The third kappa shape index (κ3) is 2.63. The smallest absolute Gasteiger partial charge is 0.129 e. The van der Waals surface area contributed by atoms with Crippen LogP contribution >= 0.6 is 0 Å². The van der Waals surface area contributed by atoms with E-state index >= 15 is 0 Å². The Balaban J connectivity index is 1.98. The minimum Gasteiger partial charge on any atom is -0.357 e. The van der Waals surface area contributed by atoms with Crippen molar-refractivity contribution in [2.75, 3.05) is 18.0 Å². The molecule has 3 heteroatoms. The average molecular weight is 269 g/mol. The highest BCUT2D eigenvalue weighted by Crippen LogP contribution is 2.25. The maximum absolute atomic E-state index is 5.92. The number of benzene rings is 1. The monoisotopic (exact) mass is 269 g/mol. The van der Waals surface area contributed by atoms with Crippen LogP contribution < -0.4 is 10.6 Å². The van der Waals surface area contributed by atoms with Crippen LogP contribution in [0.1, 0.15) is 31.7 Å². The Morgan fingerprint density at radius 1 is 1.25 bits per heavy atom. The first-order valence-electron chi connectivity index (χ1n) is 7.61. The standard InChI is InChI=1S/C17H23N3/c1-13-5-4-9-20(10-8-13)17-11-14(12-18)15-6-2-3-7-16(15)19-17/h2-3,6-7,11,13H,4-5,8-10,12,18H2,1H3. The molecule has 106 valence electrons. The fourth-order valence-electron chi connectivity index (χ4n) is 3.05. The van der Waals surface area contributed by atoms with Crippen molar-refractivity contribution in [3.63, 3.8) is 0 Å². The summed E-state index contributed by atoms with van der Waals surface area (Å²) < 4.78 is 0. The second-order valence-electron chi connectivity index (χ2n) is 5.88. The molecule has 1 aliphatic rings. The van der Waals surface area contributed by atoms with Crippen molar-refractivity contribution < 1.29 is 0 Å². The van der Waals surface area contributed by atoms with Gasteiger partial charge in [-0.15, -0.1) is 0 Å². The molecule has 1 aromatic heterocycles. The Labute approximate surface area is 120 Å². The van der Waals surface area contributed by atoms with E-state index in [1.807, 2.05) is 6.07 Å². The molecule has 2 N–H and O–H groups in total. The zero-order valence-electron chi connectivity index (χ0n) is 12.2. The van der Waals surface area contributed by atoms with E-state index in [0.29, 0.717) is 6.54 Å². The Bertz CT molecular complexity index is 594. The van der Waals surface area contributed by atoms with Gasteiger partial charge in [-0.2, -0.15) is 0 Å². The molecule has 2 heterocycles. The molecule has 3 rings (SSSR count). The predicted octanol–water partition coefficient (Wildman–Crippen LogP) is 3.32. The van der Waals surface area contributed by atoms with Gasteiger partial charge in [0.05, 0.1) is 5.52 Å². The number of nitrogens with zero attached hydrogens (tertiary/aromatic N) is 2. The van der Waals surface area contributed by atoms with E-state index in [4.69, 9.17) is 10.7 Å². The van der Waals surface area contributed by atoms with Gasteiger partial charge in [-0.25, -0.2) is 4.98 Å². The summed E-state index contributed by atoms with van der Waals surface area (Å²) in [5.74, 6) is 1.92. The molecule has 0 bridgehead atoms. The van der Waals surface area contributed by atoms with Crippen molar-refractivity contribution in [3.8, 4) is 0 Å². The Hall–Kier alpha value is -1.61. The molecule has 0 aliphatic carbocycles. The highest BCUT2D eigenvalue weighted by atomic mass is 15.2. The molecule has 1 saturated heterocycles. The van der Waals surface area contributed by atoms with E-state index in [0.717, 1.165) is 30.3 Å². The van der Waals surface area contributed by atoms with Crippen LogP contribution in [0.25, 0.3) is 10.9 Å². The van der Waals surface area contributed by atoms with Crippen molar-refractivity contribution in [2.24, 2.45) is 11.7 Å². The number of rotatable bonds is 2. The average Bonchev–Trinajstić information content (AvgIpc) is 2.71. The van der Waals surface area contributed by atoms with Crippen LogP contribution in [0.15, 0.2) is 30.3 Å². The Kier molecular flexibility index (Phi) is 3.88. The highest BCUT2D eigenvalue weighted by Gasteiger charge is 2.16. The summed E-state index contributed by atoms with van der Waals surface area (Å²) >= 11 is 0. The summed E-state index contributed by atoms with van der Waals surface area (Å²) in [4.78, 5) is 7.27. The topological polar surface area (TPSA) is 42.1 Å². The molecule has 0 saturated carbocycles. The molecule has 1 atom stereocenters. The normalized spacial score (nSPS) is 20.1. The van der Waals surface area contributed by atoms with Gasteiger partial charge in [0.15, 0.2) is 0 Å². The number of anilines is 1. The number of para-hydroxylation sites is 1. The van der Waals surface area contributed by atoms with Crippen LogP contribution in [0.3, 0.4) is 0 Å². The van der Waals surface area contributed by atoms with E-state index in [1.165, 1.54) is 30.2 Å². The van der Waals surface area contributed by atoms with Crippen LogP contribution in [0.4, 0.5) is 5.82 Å². The first-order valence-corrected chi connectivity index (χ1v) is 7.61. The van der Waals surface area contributed by atoms with Gasteiger partial charge in [0, 0.05) is 25.0 Å². The summed E-state index contributed by atoms with van der Waals surface area (Å²) in [5, 5.41) is 1.18. The van der Waals surface area contributed by atoms with Gasteiger partial charge in [0.2, 0.25) is 0 Å². The van der Waals surface area contributed by atoms with E-state index in [2.05, 4.69) is 36.1 Å². The van der Waals surface area contributed by atoms with Crippen LogP contribution in [0, 0.1) is 5.92 Å². The minimum atomic E-state index is 0.570. The van der Waals surface area contributed by atoms with Gasteiger partial charge < -0.3 is 10.6 Å². The van der Waals surface area contributed by atoms with Gasteiger partial charge in [0.25, 0.3) is 0 Å². The summed E-state index contributed by atoms with van der Waals surface area (Å²) in [6.45, 7) is 5.14. The summed E-state index contributed by atoms with van der Waals surface area (Å²) in [5.41, 5.74) is 8.18. The predicted molar refractivity (Wildman–Crippen MR) is 84.9 cm³/mol. The fraction of sp³-hybridized carbons (Fsp3) is 0.471. The molecule has 0 amide bonds. The SMILES string of the molecule is CC1CCCN(c2cc(CN)c3ccccc3n2)CC1. The lowest BCUT2D eigenvalue weighted by molar-refractivity contribution is 0.521. The van der Waals surface area contributed by atoms with Crippen LogP contribution in [-0.4, -0.2) is 18.1 Å². The number of pyridine rings is 1. The lowest BCUT2D eigenvalue weighted by Crippen LogP contribution is -2.25. The molecule has 1 aromatic carbocycles. The number of hydrogen-bond acceptors (Lipinski definition) is 3. The molecule has 1 fully saturated rings. The van der Waals surface area contributed by atoms with Crippen molar-refractivity contribution in [1.82, 2.24) is 4.98 Å². The van der Waals surface area contributed by atoms with Gasteiger partial charge in [-0.1, -0.05) is 25.1 Å². The van der Waals surface area contributed by atoms with Crippen LogP contribution in [0.2, 0.25) is 0 Å². The first kappa shape index (κ1) is 13.4. The first-order chi connectivity index (χ1) is 9.78. The zero-order chi connectivity index (χ0) is 13.9. The lowest BCUT2D eigenvalue weighted by atomic mass is 10.0. The molecule has 1 aliphatic heterocycles. The summed E-state index contributed by atoms with van der Waals surface area (Å²) in [6, 6.07) is 10.5. The maximum Gasteiger partial charge on any atom is 0.129 e. The van der Waals surface area contributed by atoms with Gasteiger partial charge >= 0.3 is 0 Å². The molecule has 0 radical (unpaired) electrons. The Morgan fingerprint density at radius 2 is 2.10 bits per heavy atom. The van der Waals surface area contributed by atoms with Gasteiger partial charge in [-0.3, -0.25) is 0 Å². The number of nitrogens with two attached hydrogens (primary N) is 1. The molecule has 20 heavy (non-hydrogen) atoms. The second kappa shape index (κ2) is 5.80. The third-order valence-electron chi connectivity index (χ3n) is 4.35.